The Morgan fingerprint density at radius 1 is 1.07 bits per heavy atom. The highest BCUT2D eigenvalue weighted by Gasteiger charge is 2.09. The highest BCUT2D eigenvalue weighted by atomic mass is 16.5. The number of aryl methyl sites for hydroxylation is 1. The molecule has 2 aromatic carbocycles. The van der Waals surface area contributed by atoms with Crippen LogP contribution in [0, 0.1) is 6.92 Å². The molecule has 1 aromatic heterocycles. The van der Waals surface area contributed by atoms with Crippen molar-refractivity contribution in [2.24, 2.45) is 0 Å². The number of pyridine rings is 1. The standard InChI is InChI=1S/C23H24N2O3/c1-16-22(17(2)26)13-12-20(25-16)14-24-23(27)19-10-8-18(9-11-19)15-28-21-6-4-3-5-7-21/h3-13,17,26H,14-15H2,1-2H3,(H,24,27)/t17-/m1/s1. The third-order valence-corrected chi connectivity index (χ3v) is 4.43. The third kappa shape index (κ3) is 5.18. The van der Waals surface area contributed by atoms with Gasteiger partial charge in [-0.3, -0.25) is 9.78 Å². The summed E-state index contributed by atoms with van der Waals surface area (Å²) in [6.07, 6.45) is -0.555. The van der Waals surface area contributed by atoms with Crippen molar-refractivity contribution in [1.82, 2.24) is 10.3 Å². The summed E-state index contributed by atoms with van der Waals surface area (Å²) in [5.74, 6) is 0.656. The van der Waals surface area contributed by atoms with E-state index in [9.17, 15) is 9.90 Å². The number of rotatable bonds is 7. The highest BCUT2D eigenvalue weighted by Crippen LogP contribution is 2.16. The first-order chi connectivity index (χ1) is 13.5. The molecule has 2 N–H and O–H groups in total. The second kappa shape index (κ2) is 9.15. The number of nitrogens with one attached hydrogen (secondary N) is 1. The normalized spacial score (nSPS) is 11.7. The number of amides is 1. The highest BCUT2D eigenvalue weighted by molar-refractivity contribution is 5.94. The van der Waals surface area contributed by atoms with E-state index in [4.69, 9.17) is 4.74 Å². The molecule has 0 spiro atoms. The van der Waals surface area contributed by atoms with E-state index in [0.717, 1.165) is 28.3 Å². The number of aromatic nitrogens is 1. The Labute approximate surface area is 165 Å². The number of benzene rings is 2. The van der Waals surface area contributed by atoms with Crippen LogP contribution in [0.3, 0.4) is 0 Å². The van der Waals surface area contributed by atoms with Crippen molar-refractivity contribution in [1.29, 1.82) is 0 Å². The molecule has 5 heteroatoms. The number of aliphatic hydroxyl groups excluding tert-OH is 1. The van der Waals surface area contributed by atoms with Crippen LogP contribution in [0.25, 0.3) is 0 Å². The molecule has 0 bridgehead atoms. The fourth-order valence-electron chi connectivity index (χ4n) is 2.87. The summed E-state index contributed by atoms with van der Waals surface area (Å²) in [7, 11) is 0. The Kier molecular flexibility index (Phi) is 6.40. The van der Waals surface area contributed by atoms with Crippen LogP contribution >= 0.6 is 0 Å². The molecule has 1 amide bonds. The van der Waals surface area contributed by atoms with E-state index in [0.29, 0.717) is 18.7 Å². The third-order valence-electron chi connectivity index (χ3n) is 4.43. The summed E-state index contributed by atoms with van der Waals surface area (Å²) in [5, 5.41) is 12.5. The van der Waals surface area contributed by atoms with E-state index < -0.39 is 6.10 Å². The van der Waals surface area contributed by atoms with Crippen LogP contribution < -0.4 is 10.1 Å². The summed E-state index contributed by atoms with van der Waals surface area (Å²) < 4.78 is 5.71. The minimum atomic E-state index is -0.555. The maximum atomic E-state index is 12.4. The number of hydrogen-bond donors (Lipinski definition) is 2. The molecule has 28 heavy (non-hydrogen) atoms. The number of aliphatic hydroxyl groups is 1. The quantitative estimate of drug-likeness (QED) is 0.655. The molecule has 144 valence electrons. The first-order valence-electron chi connectivity index (χ1n) is 9.22. The van der Waals surface area contributed by atoms with Crippen molar-refractivity contribution >= 4 is 5.91 Å². The number of nitrogens with zero attached hydrogens (tertiary/aromatic N) is 1. The van der Waals surface area contributed by atoms with Crippen molar-refractivity contribution in [2.45, 2.75) is 33.1 Å². The summed E-state index contributed by atoms with van der Waals surface area (Å²) in [6.45, 7) is 4.34. The number of ether oxygens (including phenoxy) is 1. The number of para-hydroxylation sites is 1. The van der Waals surface area contributed by atoms with E-state index in [1.165, 1.54) is 0 Å². The minimum Gasteiger partial charge on any atom is -0.489 e. The smallest absolute Gasteiger partial charge is 0.251 e. The van der Waals surface area contributed by atoms with Gasteiger partial charge in [0, 0.05) is 16.8 Å². The Bertz CT molecular complexity index is 922. The first-order valence-corrected chi connectivity index (χ1v) is 9.22. The average molecular weight is 376 g/mol. The number of carbonyl (C=O) groups is 1. The molecule has 0 saturated heterocycles. The van der Waals surface area contributed by atoms with Crippen LogP contribution in [0.1, 0.15) is 45.9 Å². The van der Waals surface area contributed by atoms with Crippen molar-refractivity contribution in [2.75, 3.05) is 0 Å². The molecule has 3 aromatic rings. The van der Waals surface area contributed by atoms with E-state index in [-0.39, 0.29) is 5.91 Å². The van der Waals surface area contributed by atoms with Gasteiger partial charge in [-0.05, 0) is 49.7 Å². The van der Waals surface area contributed by atoms with Crippen molar-refractivity contribution in [3.8, 4) is 5.75 Å². The zero-order chi connectivity index (χ0) is 19.9. The van der Waals surface area contributed by atoms with Crippen molar-refractivity contribution in [3.63, 3.8) is 0 Å². The van der Waals surface area contributed by atoms with Crippen LogP contribution in [-0.4, -0.2) is 16.0 Å². The molecule has 1 atom stereocenters. The van der Waals surface area contributed by atoms with Crippen LogP contribution in [0.5, 0.6) is 5.75 Å². The summed E-state index contributed by atoms with van der Waals surface area (Å²) >= 11 is 0. The summed E-state index contributed by atoms with van der Waals surface area (Å²) in [5.41, 5.74) is 3.89. The van der Waals surface area contributed by atoms with Gasteiger partial charge in [0.2, 0.25) is 0 Å². The zero-order valence-electron chi connectivity index (χ0n) is 16.1. The largest absolute Gasteiger partial charge is 0.489 e. The van der Waals surface area contributed by atoms with Crippen LogP contribution in [0.4, 0.5) is 0 Å². The van der Waals surface area contributed by atoms with Crippen molar-refractivity contribution in [3.05, 3.63) is 94.8 Å². The average Bonchev–Trinajstić information content (AvgIpc) is 2.71. The summed E-state index contributed by atoms with van der Waals surface area (Å²) in [6, 6.07) is 20.6. The lowest BCUT2D eigenvalue weighted by Crippen LogP contribution is -2.23. The second-order valence-corrected chi connectivity index (χ2v) is 6.63. The van der Waals surface area contributed by atoms with E-state index >= 15 is 0 Å². The molecule has 5 nitrogen and oxygen atoms in total. The van der Waals surface area contributed by atoms with Crippen molar-refractivity contribution < 1.29 is 14.6 Å². The van der Waals surface area contributed by atoms with Gasteiger partial charge in [-0.15, -0.1) is 0 Å². The lowest BCUT2D eigenvalue weighted by Gasteiger charge is -2.11. The Morgan fingerprint density at radius 2 is 1.79 bits per heavy atom. The van der Waals surface area contributed by atoms with E-state index in [1.807, 2.05) is 61.5 Å². The molecule has 0 radical (unpaired) electrons. The molecular formula is C23H24N2O3. The van der Waals surface area contributed by atoms with E-state index in [2.05, 4.69) is 10.3 Å². The van der Waals surface area contributed by atoms with Crippen LogP contribution in [0.2, 0.25) is 0 Å². The predicted molar refractivity (Wildman–Crippen MR) is 108 cm³/mol. The fraction of sp³-hybridized carbons (Fsp3) is 0.217. The molecule has 0 aliphatic heterocycles. The molecule has 0 fully saturated rings. The van der Waals surface area contributed by atoms with Gasteiger partial charge >= 0.3 is 0 Å². The first kappa shape index (κ1) is 19.6. The number of hydrogen-bond acceptors (Lipinski definition) is 4. The molecule has 0 saturated carbocycles. The molecule has 1 heterocycles. The number of carbonyl (C=O) groups excluding carboxylic acids is 1. The summed E-state index contributed by atoms with van der Waals surface area (Å²) in [4.78, 5) is 16.8. The Balaban J connectivity index is 1.54. The van der Waals surface area contributed by atoms with Gasteiger partial charge in [-0.1, -0.05) is 36.4 Å². The Hall–Kier alpha value is -3.18. The van der Waals surface area contributed by atoms with Gasteiger partial charge in [0.05, 0.1) is 18.3 Å². The fourth-order valence-corrected chi connectivity index (χ4v) is 2.87. The van der Waals surface area contributed by atoms with Gasteiger partial charge < -0.3 is 15.2 Å². The lowest BCUT2D eigenvalue weighted by atomic mass is 10.1. The monoisotopic (exact) mass is 376 g/mol. The predicted octanol–water partition coefficient (Wildman–Crippen LogP) is 3.95. The van der Waals surface area contributed by atoms with Crippen LogP contribution in [0.15, 0.2) is 66.7 Å². The van der Waals surface area contributed by atoms with Gasteiger partial charge in [0.15, 0.2) is 0 Å². The topological polar surface area (TPSA) is 71.5 Å². The molecule has 3 rings (SSSR count). The molecular weight excluding hydrogens is 352 g/mol. The van der Waals surface area contributed by atoms with Gasteiger partial charge in [0.1, 0.15) is 12.4 Å². The zero-order valence-corrected chi connectivity index (χ0v) is 16.1. The van der Waals surface area contributed by atoms with Gasteiger partial charge in [-0.2, -0.15) is 0 Å². The van der Waals surface area contributed by atoms with E-state index in [1.54, 1.807) is 19.1 Å². The molecule has 0 aliphatic rings. The van der Waals surface area contributed by atoms with Gasteiger partial charge in [-0.25, -0.2) is 0 Å². The maximum Gasteiger partial charge on any atom is 0.251 e. The SMILES string of the molecule is Cc1nc(CNC(=O)c2ccc(COc3ccccc3)cc2)ccc1[C@@H](C)O. The minimum absolute atomic E-state index is 0.158. The maximum absolute atomic E-state index is 12.4. The van der Waals surface area contributed by atoms with Crippen LogP contribution in [-0.2, 0) is 13.2 Å². The lowest BCUT2D eigenvalue weighted by molar-refractivity contribution is 0.0950. The second-order valence-electron chi connectivity index (χ2n) is 6.63. The van der Waals surface area contributed by atoms with Gasteiger partial charge in [0.25, 0.3) is 5.91 Å². The Morgan fingerprint density at radius 3 is 2.43 bits per heavy atom. The molecule has 0 unspecified atom stereocenters. The molecule has 0 aliphatic carbocycles.